The Morgan fingerprint density at radius 2 is 1.56 bits per heavy atom. The van der Waals surface area contributed by atoms with Gasteiger partial charge in [0.15, 0.2) is 5.79 Å². The zero-order valence-corrected chi connectivity index (χ0v) is 21.1. The summed E-state index contributed by atoms with van der Waals surface area (Å²) in [5, 5.41) is 0. The monoisotopic (exact) mass is 456 g/mol. The summed E-state index contributed by atoms with van der Waals surface area (Å²) in [5.41, 5.74) is 0. The SMILES string of the molecule is CCCCCCCCCC(=O)OCC1COC(C)(CCC(=O)OCC(CC)CCCC)O1. The second-order valence-corrected chi connectivity index (χ2v) is 9.34. The first-order valence-electron chi connectivity index (χ1n) is 13.0. The molecule has 1 aliphatic rings. The second kappa shape index (κ2) is 17.4. The van der Waals surface area contributed by atoms with Crippen LogP contribution in [-0.4, -0.2) is 43.7 Å². The molecular formula is C26H48O6. The lowest BCUT2D eigenvalue weighted by molar-refractivity contribution is -0.174. The van der Waals surface area contributed by atoms with Gasteiger partial charge >= 0.3 is 11.9 Å². The van der Waals surface area contributed by atoms with E-state index in [2.05, 4.69) is 20.8 Å². The largest absolute Gasteiger partial charge is 0.465 e. The molecule has 0 bridgehead atoms. The van der Waals surface area contributed by atoms with Crippen LogP contribution in [0.5, 0.6) is 0 Å². The number of hydrogen-bond donors (Lipinski definition) is 0. The highest BCUT2D eigenvalue weighted by molar-refractivity contribution is 5.69. The molecule has 0 aromatic heterocycles. The molecule has 1 rings (SSSR count). The highest BCUT2D eigenvalue weighted by Crippen LogP contribution is 2.28. The number of carbonyl (C=O) groups is 2. The van der Waals surface area contributed by atoms with Gasteiger partial charge in [-0.05, 0) is 25.7 Å². The number of esters is 2. The van der Waals surface area contributed by atoms with E-state index in [1.807, 2.05) is 6.92 Å². The first kappa shape index (κ1) is 28.9. The quantitative estimate of drug-likeness (QED) is 0.167. The van der Waals surface area contributed by atoms with Crippen molar-refractivity contribution in [2.45, 2.75) is 129 Å². The Hall–Kier alpha value is -1.14. The predicted molar refractivity (Wildman–Crippen MR) is 126 cm³/mol. The third-order valence-corrected chi connectivity index (χ3v) is 6.21. The summed E-state index contributed by atoms with van der Waals surface area (Å²) in [6.45, 7) is 9.41. The molecule has 0 aromatic rings. The van der Waals surface area contributed by atoms with Crippen molar-refractivity contribution in [1.29, 1.82) is 0 Å². The molecule has 188 valence electrons. The van der Waals surface area contributed by atoms with Crippen LogP contribution < -0.4 is 0 Å². The average molecular weight is 457 g/mol. The van der Waals surface area contributed by atoms with Gasteiger partial charge in [-0.15, -0.1) is 0 Å². The number of rotatable bonds is 19. The van der Waals surface area contributed by atoms with E-state index < -0.39 is 5.79 Å². The molecule has 1 aliphatic heterocycles. The normalized spacial score (nSPS) is 21.4. The molecule has 0 amide bonds. The molecular weight excluding hydrogens is 408 g/mol. The summed E-state index contributed by atoms with van der Waals surface area (Å²) in [7, 11) is 0. The predicted octanol–water partition coefficient (Wildman–Crippen LogP) is 6.34. The highest BCUT2D eigenvalue weighted by Gasteiger charge is 2.38. The Labute approximate surface area is 196 Å². The van der Waals surface area contributed by atoms with E-state index in [1.165, 1.54) is 38.5 Å². The Morgan fingerprint density at radius 3 is 2.25 bits per heavy atom. The molecule has 6 nitrogen and oxygen atoms in total. The molecule has 0 spiro atoms. The van der Waals surface area contributed by atoms with Crippen molar-refractivity contribution in [2.24, 2.45) is 5.92 Å². The summed E-state index contributed by atoms with van der Waals surface area (Å²) in [4.78, 5) is 24.1. The van der Waals surface area contributed by atoms with Gasteiger partial charge in [0.1, 0.15) is 12.7 Å². The summed E-state index contributed by atoms with van der Waals surface area (Å²) in [6, 6.07) is 0. The smallest absolute Gasteiger partial charge is 0.305 e. The van der Waals surface area contributed by atoms with Crippen LogP contribution in [-0.2, 0) is 28.5 Å². The fraction of sp³-hybridized carbons (Fsp3) is 0.923. The number of ether oxygens (including phenoxy) is 4. The standard InChI is InChI=1S/C26H48O6/c1-5-8-10-11-12-13-14-16-24(27)30-20-23-21-31-26(4,32-23)18-17-25(28)29-19-22(7-3)15-9-6-2/h22-23H,5-21H2,1-4H3. The molecule has 1 fully saturated rings. The van der Waals surface area contributed by atoms with Gasteiger partial charge in [-0.2, -0.15) is 0 Å². The second-order valence-electron chi connectivity index (χ2n) is 9.34. The van der Waals surface area contributed by atoms with Gasteiger partial charge in [0.2, 0.25) is 0 Å². The van der Waals surface area contributed by atoms with Crippen LogP contribution in [0.4, 0.5) is 0 Å². The fourth-order valence-corrected chi connectivity index (χ4v) is 3.90. The Morgan fingerprint density at radius 1 is 0.906 bits per heavy atom. The van der Waals surface area contributed by atoms with Crippen molar-refractivity contribution >= 4 is 11.9 Å². The third-order valence-electron chi connectivity index (χ3n) is 6.21. The van der Waals surface area contributed by atoms with Gasteiger partial charge in [-0.1, -0.05) is 78.6 Å². The Kier molecular flexibility index (Phi) is 15.7. The summed E-state index contributed by atoms with van der Waals surface area (Å²) in [5.74, 6) is -0.777. The summed E-state index contributed by atoms with van der Waals surface area (Å²) >= 11 is 0. The van der Waals surface area contributed by atoms with Crippen LogP contribution in [0.1, 0.15) is 118 Å². The number of carbonyl (C=O) groups excluding carboxylic acids is 2. The minimum Gasteiger partial charge on any atom is -0.465 e. The number of unbranched alkanes of at least 4 members (excludes halogenated alkanes) is 7. The molecule has 1 saturated heterocycles. The first-order chi connectivity index (χ1) is 15.4. The van der Waals surface area contributed by atoms with Crippen LogP contribution in [0.15, 0.2) is 0 Å². The van der Waals surface area contributed by atoms with Gasteiger partial charge in [0.25, 0.3) is 0 Å². The summed E-state index contributed by atoms with van der Waals surface area (Å²) in [6.07, 6.45) is 13.5. The van der Waals surface area contributed by atoms with E-state index in [-0.39, 0.29) is 31.1 Å². The van der Waals surface area contributed by atoms with Gasteiger partial charge in [0.05, 0.1) is 19.6 Å². The van der Waals surface area contributed by atoms with Crippen LogP contribution in [0.3, 0.4) is 0 Å². The molecule has 0 aliphatic carbocycles. The third kappa shape index (κ3) is 13.4. The molecule has 0 aromatic carbocycles. The van der Waals surface area contributed by atoms with Crippen molar-refractivity contribution in [3.63, 3.8) is 0 Å². The molecule has 6 heteroatoms. The topological polar surface area (TPSA) is 71.1 Å². The first-order valence-corrected chi connectivity index (χ1v) is 13.0. The van der Waals surface area contributed by atoms with Crippen molar-refractivity contribution in [2.75, 3.05) is 19.8 Å². The van der Waals surface area contributed by atoms with E-state index in [9.17, 15) is 9.59 Å². The molecule has 3 unspecified atom stereocenters. The molecule has 1 heterocycles. The molecule has 0 saturated carbocycles. The van der Waals surface area contributed by atoms with Crippen molar-refractivity contribution in [1.82, 2.24) is 0 Å². The summed E-state index contributed by atoms with van der Waals surface area (Å²) < 4.78 is 22.5. The van der Waals surface area contributed by atoms with Crippen LogP contribution in [0.25, 0.3) is 0 Å². The van der Waals surface area contributed by atoms with Gasteiger partial charge < -0.3 is 18.9 Å². The van der Waals surface area contributed by atoms with E-state index in [4.69, 9.17) is 18.9 Å². The van der Waals surface area contributed by atoms with Crippen LogP contribution >= 0.6 is 0 Å². The lowest BCUT2D eigenvalue weighted by atomic mass is 10.0. The van der Waals surface area contributed by atoms with E-state index >= 15 is 0 Å². The minimum absolute atomic E-state index is 0.173. The van der Waals surface area contributed by atoms with Gasteiger partial charge in [-0.25, -0.2) is 0 Å². The highest BCUT2D eigenvalue weighted by atomic mass is 16.7. The maximum absolute atomic E-state index is 12.1. The zero-order chi connectivity index (χ0) is 23.7. The van der Waals surface area contributed by atoms with Gasteiger partial charge in [0, 0.05) is 12.8 Å². The van der Waals surface area contributed by atoms with Gasteiger partial charge in [-0.3, -0.25) is 9.59 Å². The van der Waals surface area contributed by atoms with E-state index in [1.54, 1.807) is 0 Å². The van der Waals surface area contributed by atoms with E-state index in [0.717, 1.165) is 32.1 Å². The lowest BCUT2D eigenvalue weighted by Crippen LogP contribution is -2.29. The molecule has 32 heavy (non-hydrogen) atoms. The van der Waals surface area contributed by atoms with Crippen molar-refractivity contribution in [3.05, 3.63) is 0 Å². The van der Waals surface area contributed by atoms with Crippen LogP contribution in [0.2, 0.25) is 0 Å². The Balaban J connectivity index is 2.14. The number of hydrogen-bond acceptors (Lipinski definition) is 6. The van der Waals surface area contributed by atoms with Crippen molar-refractivity contribution < 1.29 is 28.5 Å². The molecule has 0 N–H and O–H groups in total. The minimum atomic E-state index is -0.832. The maximum Gasteiger partial charge on any atom is 0.305 e. The maximum atomic E-state index is 12.1. The fourth-order valence-electron chi connectivity index (χ4n) is 3.90. The van der Waals surface area contributed by atoms with Crippen LogP contribution in [0, 0.1) is 5.92 Å². The average Bonchev–Trinajstić information content (AvgIpc) is 3.17. The molecule has 0 radical (unpaired) electrons. The lowest BCUT2D eigenvalue weighted by Gasteiger charge is -2.23. The zero-order valence-electron chi connectivity index (χ0n) is 21.1. The van der Waals surface area contributed by atoms with Crippen molar-refractivity contribution in [3.8, 4) is 0 Å². The molecule has 3 atom stereocenters. The Bertz CT molecular complexity index is 509. The van der Waals surface area contributed by atoms with E-state index in [0.29, 0.717) is 32.0 Å².